The van der Waals surface area contributed by atoms with Gasteiger partial charge in [-0.15, -0.1) is 0 Å². The van der Waals surface area contributed by atoms with E-state index in [9.17, 15) is 4.79 Å². The van der Waals surface area contributed by atoms with Gasteiger partial charge in [-0.3, -0.25) is 4.99 Å². The standard InChI is InChI=1S/C18H22BrN5O/c1-12(2)11-21-17(20)22-15-4-3-5-16(10-15)24-18(25)23-14-8-6-13(19)7-9-14/h3-10,12H,11H2,1-2H3,(H3,20,21,22)(H2,23,24,25). The molecule has 0 fully saturated rings. The predicted octanol–water partition coefficient (Wildman–Crippen LogP) is 4.48. The number of carbonyl (C=O) groups is 1. The van der Waals surface area contributed by atoms with Gasteiger partial charge in [0.05, 0.1) is 0 Å². The van der Waals surface area contributed by atoms with Crippen molar-refractivity contribution in [3.63, 3.8) is 0 Å². The third-order valence-electron chi connectivity index (χ3n) is 3.12. The fourth-order valence-electron chi connectivity index (χ4n) is 1.97. The second kappa shape index (κ2) is 9.08. The van der Waals surface area contributed by atoms with Gasteiger partial charge in [0.15, 0.2) is 5.96 Å². The highest BCUT2D eigenvalue weighted by Gasteiger charge is 2.04. The SMILES string of the molecule is CC(C)CN=C(N)Nc1cccc(NC(=O)Nc2ccc(Br)cc2)c1. The Morgan fingerprint density at radius 3 is 2.28 bits per heavy atom. The van der Waals surface area contributed by atoms with Crippen LogP contribution in [0.5, 0.6) is 0 Å². The minimum absolute atomic E-state index is 0.319. The van der Waals surface area contributed by atoms with E-state index in [-0.39, 0.29) is 6.03 Å². The lowest BCUT2D eigenvalue weighted by atomic mass is 10.2. The molecular formula is C18H22BrN5O. The Kier molecular flexibility index (Phi) is 6.82. The summed E-state index contributed by atoms with van der Waals surface area (Å²) in [5.41, 5.74) is 7.97. The van der Waals surface area contributed by atoms with E-state index in [1.807, 2.05) is 36.4 Å². The van der Waals surface area contributed by atoms with Crippen LogP contribution in [0, 0.1) is 5.92 Å². The van der Waals surface area contributed by atoms with Crippen LogP contribution in [0.4, 0.5) is 21.9 Å². The van der Waals surface area contributed by atoms with Gasteiger partial charge in [-0.05, 0) is 48.4 Å². The summed E-state index contributed by atoms with van der Waals surface area (Å²) >= 11 is 3.36. The summed E-state index contributed by atoms with van der Waals surface area (Å²) < 4.78 is 0.953. The topological polar surface area (TPSA) is 91.5 Å². The Labute approximate surface area is 156 Å². The van der Waals surface area contributed by atoms with Crippen molar-refractivity contribution in [3.05, 3.63) is 53.0 Å². The molecule has 0 unspecified atom stereocenters. The first-order valence-corrected chi connectivity index (χ1v) is 8.72. The van der Waals surface area contributed by atoms with Crippen LogP contribution >= 0.6 is 15.9 Å². The fourth-order valence-corrected chi connectivity index (χ4v) is 2.23. The number of amides is 2. The molecule has 25 heavy (non-hydrogen) atoms. The van der Waals surface area contributed by atoms with Gasteiger partial charge in [-0.2, -0.15) is 0 Å². The zero-order valence-electron chi connectivity index (χ0n) is 14.2. The van der Waals surface area contributed by atoms with E-state index in [0.717, 1.165) is 10.2 Å². The highest BCUT2D eigenvalue weighted by atomic mass is 79.9. The Balaban J connectivity index is 1.95. The van der Waals surface area contributed by atoms with Crippen molar-refractivity contribution >= 4 is 45.0 Å². The summed E-state index contributed by atoms with van der Waals surface area (Å²) in [5.74, 6) is 0.792. The van der Waals surface area contributed by atoms with Crippen LogP contribution in [0.3, 0.4) is 0 Å². The van der Waals surface area contributed by atoms with Crippen molar-refractivity contribution in [3.8, 4) is 0 Å². The summed E-state index contributed by atoms with van der Waals surface area (Å²) in [4.78, 5) is 16.3. The molecular weight excluding hydrogens is 382 g/mol. The minimum atomic E-state index is -0.319. The summed E-state index contributed by atoms with van der Waals surface area (Å²) in [5, 5.41) is 8.58. The van der Waals surface area contributed by atoms with Crippen molar-refractivity contribution in [2.24, 2.45) is 16.6 Å². The number of hydrogen-bond donors (Lipinski definition) is 4. The van der Waals surface area contributed by atoms with Crippen LogP contribution in [0.15, 0.2) is 58.0 Å². The van der Waals surface area contributed by atoms with Crippen molar-refractivity contribution in [1.82, 2.24) is 0 Å². The zero-order valence-corrected chi connectivity index (χ0v) is 15.8. The van der Waals surface area contributed by atoms with E-state index in [0.29, 0.717) is 29.8 Å². The molecule has 0 heterocycles. The van der Waals surface area contributed by atoms with Crippen LogP contribution < -0.4 is 21.7 Å². The van der Waals surface area contributed by atoms with Crippen molar-refractivity contribution in [2.45, 2.75) is 13.8 Å². The monoisotopic (exact) mass is 403 g/mol. The molecule has 0 atom stereocenters. The number of hydrogen-bond acceptors (Lipinski definition) is 2. The largest absolute Gasteiger partial charge is 0.370 e. The number of carbonyl (C=O) groups excluding carboxylic acids is 1. The average Bonchev–Trinajstić information content (AvgIpc) is 2.55. The number of anilines is 3. The third-order valence-corrected chi connectivity index (χ3v) is 3.65. The molecule has 2 rings (SSSR count). The molecule has 2 aromatic rings. The molecule has 0 radical (unpaired) electrons. The number of rotatable bonds is 5. The second-order valence-corrected chi connectivity index (χ2v) is 6.83. The normalized spacial score (nSPS) is 11.3. The van der Waals surface area contributed by atoms with Gasteiger partial charge in [-0.1, -0.05) is 35.8 Å². The Bertz CT molecular complexity index is 743. The molecule has 7 heteroatoms. The maximum atomic E-state index is 12.1. The molecule has 0 bridgehead atoms. The second-order valence-electron chi connectivity index (χ2n) is 5.91. The Hall–Kier alpha value is -2.54. The lowest BCUT2D eigenvalue weighted by Gasteiger charge is -2.10. The van der Waals surface area contributed by atoms with Gasteiger partial charge in [0.1, 0.15) is 0 Å². The van der Waals surface area contributed by atoms with E-state index in [2.05, 4.69) is 50.7 Å². The first-order chi connectivity index (χ1) is 11.9. The smallest absolute Gasteiger partial charge is 0.323 e. The van der Waals surface area contributed by atoms with Crippen LogP contribution in [0.1, 0.15) is 13.8 Å². The summed E-state index contributed by atoms with van der Waals surface area (Å²) in [6.07, 6.45) is 0. The van der Waals surface area contributed by atoms with Crippen LogP contribution in [-0.2, 0) is 0 Å². The lowest BCUT2D eigenvalue weighted by Crippen LogP contribution is -2.23. The highest BCUT2D eigenvalue weighted by Crippen LogP contribution is 2.17. The number of urea groups is 1. The number of aliphatic imine (C=N–C) groups is 1. The highest BCUT2D eigenvalue weighted by molar-refractivity contribution is 9.10. The number of nitrogens with two attached hydrogens (primary N) is 1. The average molecular weight is 404 g/mol. The first kappa shape index (κ1) is 18.8. The molecule has 0 aliphatic carbocycles. The Morgan fingerprint density at radius 1 is 1.04 bits per heavy atom. The Morgan fingerprint density at radius 2 is 1.64 bits per heavy atom. The minimum Gasteiger partial charge on any atom is -0.370 e. The number of nitrogens with zero attached hydrogens (tertiary/aromatic N) is 1. The predicted molar refractivity (Wildman–Crippen MR) is 108 cm³/mol. The van der Waals surface area contributed by atoms with Crippen LogP contribution in [0.2, 0.25) is 0 Å². The molecule has 5 N–H and O–H groups in total. The summed E-state index contributed by atoms with van der Waals surface area (Å²) in [6.45, 7) is 4.81. The van der Waals surface area contributed by atoms with E-state index < -0.39 is 0 Å². The quantitative estimate of drug-likeness (QED) is 0.438. The van der Waals surface area contributed by atoms with Gasteiger partial charge in [0.2, 0.25) is 0 Å². The van der Waals surface area contributed by atoms with Gasteiger partial charge < -0.3 is 21.7 Å². The third kappa shape index (κ3) is 6.84. The molecule has 0 aliphatic heterocycles. The maximum absolute atomic E-state index is 12.1. The van der Waals surface area contributed by atoms with Gasteiger partial charge in [-0.25, -0.2) is 4.79 Å². The maximum Gasteiger partial charge on any atom is 0.323 e. The number of benzene rings is 2. The van der Waals surface area contributed by atoms with Crippen molar-refractivity contribution in [1.29, 1.82) is 0 Å². The molecule has 2 aromatic carbocycles. The van der Waals surface area contributed by atoms with Crippen molar-refractivity contribution < 1.29 is 4.79 Å². The molecule has 0 saturated heterocycles. The number of nitrogens with one attached hydrogen (secondary N) is 3. The van der Waals surface area contributed by atoms with Crippen molar-refractivity contribution in [2.75, 3.05) is 22.5 Å². The van der Waals surface area contributed by atoms with Gasteiger partial charge >= 0.3 is 6.03 Å². The van der Waals surface area contributed by atoms with E-state index in [1.165, 1.54) is 0 Å². The molecule has 2 amide bonds. The molecule has 0 spiro atoms. The lowest BCUT2D eigenvalue weighted by molar-refractivity contribution is 0.262. The van der Waals surface area contributed by atoms with E-state index >= 15 is 0 Å². The number of halogens is 1. The molecule has 0 saturated carbocycles. The first-order valence-electron chi connectivity index (χ1n) is 7.93. The van der Waals surface area contributed by atoms with E-state index in [4.69, 9.17) is 5.73 Å². The molecule has 0 aliphatic rings. The molecule has 132 valence electrons. The molecule has 0 aromatic heterocycles. The fraction of sp³-hybridized carbons (Fsp3) is 0.222. The zero-order chi connectivity index (χ0) is 18.2. The van der Waals surface area contributed by atoms with Gasteiger partial charge in [0.25, 0.3) is 0 Å². The number of guanidine groups is 1. The van der Waals surface area contributed by atoms with Gasteiger partial charge in [0, 0.05) is 28.1 Å². The van der Waals surface area contributed by atoms with Crippen LogP contribution in [0.25, 0.3) is 0 Å². The molecule has 6 nitrogen and oxygen atoms in total. The summed E-state index contributed by atoms with van der Waals surface area (Å²) in [7, 11) is 0. The summed E-state index contributed by atoms with van der Waals surface area (Å²) in [6, 6.07) is 14.3. The van der Waals surface area contributed by atoms with Crippen LogP contribution in [-0.4, -0.2) is 18.5 Å². The van der Waals surface area contributed by atoms with E-state index in [1.54, 1.807) is 12.1 Å².